The zero-order valence-corrected chi connectivity index (χ0v) is 26.0. The molecule has 1 heterocycles. The molecule has 1 aliphatic rings. The van der Waals surface area contributed by atoms with E-state index in [1.807, 2.05) is 30.3 Å². The lowest BCUT2D eigenvalue weighted by Gasteiger charge is -2.25. The highest BCUT2D eigenvalue weighted by atomic mass is 16.5. The van der Waals surface area contributed by atoms with Crippen LogP contribution in [0.15, 0.2) is 54.6 Å². The minimum absolute atomic E-state index is 0.0230. The number of carbonyl (C=O) groups is 5. The zero-order valence-electron chi connectivity index (χ0n) is 26.0. The summed E-state index contributed by atoms with van der Waals surface area (Å²) in [6, 6.07) is 14.6. The molecule has 2 aromatic rings. The molecule has 5 amide bonds. The van der Waals surface area contributed by atoms with Crippen molar-refractivity contribution in [2.45, 2.75) is 64.0 Å². The van der Waals surface area contributed by atoms with Gasteiger partial charge >= 0.3 is 0 Å². The first-order valence-electron chi connectivity index (χ1n) is 15.6. The van der Waals surface area contributed by atoms with Gasteiger partial charge in [0.2, 0.25) is 29.5 Å². The van der Waals surface area contributed by atoms with Crippen molar-refractivity contribution < 1.29 is 28.7 Å². The van der Waals surface area contributed by atoms with Gasteiger partial charge in [-0.3, -0.25) is 24.0 Å². The van der Waals surface area contributed by atoms with Crippen LogP contribution in [0.1, 0.15) is 50.2 Å². The third kappa shape index (κ3) is 13.0. The molecule has 0 fully saturated rings. The second-order valence-corrected chi connectivity index (χ2v) is 11.1. The van der Waals surface area contributed by atoms with Crippen LogP contribution in [0.2, 0.25) is 0 Å². The maximum Gasteiger partial charge on any atom is 0.243 e. The van der Waals surface area contributed by atoms with Gasteiger partial charge in [-0.05, 0) is 55.5 Å². The maximum absolute atomic E-state index is 13.6. The van der Waals surface area contributed by atoms with E-state index in [4.69, 9.17) is 10.5 Å². The minimum atomic E-state index is -0.918. The monoisotopic (exact) mass is 622 g/mol. The first-order valence-corrected chi connectivity index (χ1v) is 15.6. The largest absolute Gasteiger partial charge is 0.492 e. The number of ether oxygens (including phenoxy) is 1. The summed E-state index contributed by atoms with van der Waals surface area (Å²) in [4.78, 5) is 66.2. The molecule has 6 N–H and O–H groups in total. The van der Waals surface area contributed by atoms with Gasteiger partial charge in [0.1, 0.15) is 24.4 Å². The quantitative estimate of drug-likeness (QED) is 0.297. The topological polar surface area (TPSA) is 172 Å². The van der Waals surface area contributed by atoms with E-state index in [1.54, 1.807) is 29.2 Å². The maximum atomic E-state index is 13.6. The molecular formula is C33H46N6O6. The van der Waals surface area contributed by atoms with Crippen molar-refractivity contribution in [2.24, 2.45) is 5.73 Å². The fourth-order valence-electron chi connectivity index (χ4n) is 5.01. The Hall–Kier alpha value is -4.45. The summed E-state index contributed by atoms with van der Waals surface area (Å²) < 4.78 is 5.76. The van der Waals surface area contributed by atoms with Crippen molar-refractivity contribution in [3.63, 3.8) is 0 Å². The Kier molecular flexibility index (Phi) is 14.8. The van der Waals surface area contributed by atoms with Crippen LogP contribution in [0.3, 0.4) is 0 Å². The van der Waals surface area contributed by atoms with Gasteiger partial charge < -0.3 is 36.6 Å². The van der Waals surface area contributed by atoms with E-state index in [2.05, 4.69) is 21.3 Å². The van der Waals surface area contributed by atoms with Crippen molar-refractivity contribution >= 4 is 29.5 Å². The summed E-state index contributed by atoms with van der Waals surface area (Å²) in [5, 5.41) is 11.4. The van der Waals surface area contributed by atoms with E-state index in [0.29, 0.717) is 56.6 Å². The first-order chi connectivity index (χ1) is 21.7. The van der Waals surface area contributed by atoms with Gasteiger partial charge in [0.05, 0.1) is 13.0 Å². The van der Waals surface area contributed by atoms with Crippen LogP contribution in [0, 0.1) is 0 Å². The second-order valence-electron chi connectivity index (χ2n) is 11.1. The van der Waals surface area contributed by atoms with Crippen molar-refractivity contribution in [2.75, 3.05) is 39.3 Å². The highest BCUT2D eigenvalue weighted by Gasteiger charge is 2.27. The Labute approximate surface area is 264 Å². The number of nitrogens with two attached hydrogens (primary N) is 1. The predicted molar refractivity (Wildman–Crippen MR) is 170 cm³/mol. The molecule has 3 rings (SSSR count). The van der Waals surface area contributed by atoms with Crippen LogP contribution in [0.5, 0.6) is 5.75 Å². The summed E-state index contributed by atoms with van der Waals surface area (Å²) >= 11 is 0. The molecule has 2 bridgehead atoms. The normalized spacial score (nSPS) is 19.7. The lowest BCUT2D eigenvalue weighted by Crippen LogP contribution is -2.55. The molecule has 12 nitrogen and oxygen atoms in total. The molecule has 0 aliphatic carbocycles. The number of carbonyl (C=O) groups excluding carboxylic acids is 5. The molecule has 45 heavy (non-hydrogen) atoms. The molecular weight excluding hydrogens is 576 g/mol. The van der Waals surface area contributed by atoms with Crippen molar-refractivity contribution in [3.8, 4) is 5.75 Å². The van der Waals surface area contributed by atoms with Crippen LogP contribution in [0.25, 0.3) is 0 Å². The minimum Gasteiger partial charge on any atom is -0.492 e. The number of amides is 5. The van der Waals surface area contributed by atoms with Crippen molar-refractivity contribution in [3.05, 3.63) is 65.7 Å². The Balaban J connectivity index is 1.82. The van der Waals surface area contributed by atoms with Crippen LogP contribution in [0.4, 0.5) is 0 Å². The highest BCUT2D eigenvalue weighted by Crippen LogP contribution is 2.14. The first kappa shape index (κ1) is 35.0. The molecule has 0 aromatic heterocycles. The van der Waals surface area contributed by atoms with Gasteiger partial charge in [-0.25, -0.2) is 0 Å². The summed E-state index contributed by atoms with van der Waals surface area (Å²) in [6.45, 7) is 3.21. The van der Waals surface area contributed by atoms with Crippen molar-refractivity contribution in [1.82, 2.24) is 26.2 Å². The number of nitrogens with zero attached hydrogens (tertiary/aromatic N) is 1. The van der Waals surface area contributed by atoms with E-state index < -0.39 is 23.9 Å². The molecule has 12 heteroatoms. The average molecular weight is 623 g/mol. The molecule has 0 saturated carbocycles. The number of unbranched alkanes of at least 4 members (excludes halogenated alkanes) is 1. The third-order valence-electron chi connectivity index (χ3n) is 7.43. The average Bonchev–Trinajstić information content (AvgIpc) is 3.01. The number of hydrogen-bond donors (Lipinski definition) is 5. The van der Waals surface area contributed by atoms with Crippen LogP contribution >= 0.6 is 0 Å². The van der Waals surface area contributed by atoms with E-state index in [-0.39, 0.29) is 56.7 Å². The Bertz CT molecular complexity index is 1270. The fraction of sp³-hybridized carbons (Fsp3) is 0.485. The van der Waals surface area contributed by atoms with Gasteiger partial charge in [0.15, 0.2) is 0 Å². The standard InChI is InChI=1S/C33H46N6O6/c1-24(40)39-18-8-14-30(41)35-17-20-45-27-12-7-11-26(21-27)23-31(42)37-28(13-5-6-15-34)33(44)38-29(32(43)36-16-19-39)22-25-9-3-2-4-10-25/h2-4,7,9-12,21,28-29H,5-6,8,13-20,22-23,34H2,1H3,(H,35,41)(H,36,43)(H,37,42)(H,38,44)/t28-,29+/m0/s1. The van der Waals surface area contributed by atoms with Gasteiger partial charge in [0, 0.05) is 39.4 Å². The molecule has 2 aromatic carbocycles. The summed E-state index contributed by atoms with van der Waals surface area (Å²) in [5.41, 5.74) is 7.23. The number of benzene rings is 2. The predicted octanol–water partition coefficient (Wildman–Crippen LogP) is 0.824. The Morgan fingerprint density at radius 3 is 2.44 bits per heavy atom. The lowest BCUT2D eigenvalue weighted by molar-refractivity contribution is -0.132. The number of hydrogen-bond acceptors (Lipinski definition) is 7. The van der Waals surface area contributed by atoms with Gasteiger partial charge in [-0.15, -0.1) is 0 Å². The molecule has 0 spiro atoms. The fourth-order valence-corrected chi connectivity index (χ4v) is 5.01. The van der Waals surface area contributed by atoms with Crippen LogP contribution in [-0.4, -0.2) is 85.9 Å². The zero-order chi connectivity index (χ0) is 32.4. The third-order valence-corrected chi connectivity index (χ3v) is 7.43. The van der Waals surface area contributed by atoms with Crippen LogP contribution in [-0.2, 0) is 36.8 Å². The van der Waals surface area contributed by atoms with E-state index >= 15 is 0 Å². The SMILES string of the molecule is CC(=O)N1CCCC(=O)NCCOc2cccc(c2)CC(=O)N[C@@H](CCCCN)C(=O)N[C@H](Cc2ccccc2)C(=O)NCC1. The van der Waals surface area contributed by atoms with E-state index in [1.165, 1.54) is 6.92 Å². The Morgan fingerprint density at radius 2 is 1.69 bits per heavy atom. The summed E-state index contributed by atoms with van der Waals surface area (Å²) in [6.07, 6.45) is 2.61. The molecule has 1 aliphatic heterocycles. The molecule has 0 saturated heterocycles. The number of rotatable bonds is 6. The highest BCUT2D eigenvalue weighted by molar-refractivity contribution is 5.92. The smallest absolute Gasteiger partial charge is 0.243 e. The molecule has 244 valence electrons. The van der Waals surface area contributed by atoms with E-state index in [9.17, 15) is 24.0 Å². The van der Waals surface area contributed by atoms with Gasteiger partial charge in [0.25, 0.3) is 0 Å². The molecule has 2 atom stereocenters. The lowest BCUT2D eigenvalue weighted by atomic mass is 10.0. The number of fused-ring (bicyclic) bond motifs is 2. The van der Waals surface area contributed by atoms with Gasteiger partial charge in [-0.2, -0.15) is 0 Å². The van der Waals surface area contributed by atoms with E-state index in [0.717, 1.165) is 5.56 Å². The Morgan fingerprint density at radius 1 is 0.889 bits per heavy atom. The van der Waals surface area contributed by atoms with Crippen molar-refractivity contribution in [1.29, 1.82) is 0 Å². The van der Waals surface area contributed by atoms with Crippen LogP contribution < -0.4 is 31.7 Å². The second kappa shape index (κ2) is 19.0. The molecule has 0 unspecified atom stereocenters. The van der Waals surface area contributed by atoms with Gasteiger partial charge in [-0.1, -0.05) is 42.5 Å². The summed E-state index contributed by atoms with van der Waals surface area (Å²) in [7, 11) is 0. The number of nitrogens with one attached hydrogen (secondary N) is 4. The molecule has 0 radical (unpaired) electrons. The summed E-state index contributed by atoms with van der Waals surface area (Å²) in [5.74, 6) is -0.987.